The second-order valence-corrected chi connectivity index (χ2v) is 8.83. The zero-order valence-corrected chi connectivity index (χ0v) is 21.2. The first kappa shape index (κ1) is 25.3. The Morgan fingerprint density at radius 3 is 2.69 bits per heavy atom. The third-order valence-corrected chi connectivity index (χ3v) is 6.52. The summed E-state index contributed by atoms with van der Waals surface area (Å²) in [7, 11) is 3.88. The number of aromatic amines is 1. The zero-order chi connectivity index (χ0) is 25.7. The number of carbonyl (C=O) groups is 1. The van der Waals surface area contributed by atoms with Crippen molar-refractivity contribution in [2.24, 2.45) is 0 Å². The average molecular weight is 490 g/mol. The largest absolute Gasteiger partial charge is 0.493 e. The highest BCUT2D eigenvalue weighted by molar-refractivity contribution is 5.96. The number of hydrogen-bond acceptors (Lipinski definition) is 5. The number of halogens is 1. The second-order valence-electron chi connectivity index (χ2n) is 8.83. The van der Waals surface area contributed by atoms with E-state index in [9.17, 15) is 9.18 Å². The van der Waals surface area contributed by atoms with E-state index in [2.05, 4.69) is 34.1 Å². The lowest BCUT2D eigenvalue weighted by molar-refractivity contribution is 0.0714. The fourth-order valence-electron chi connectivity index (χ4n) is 4.37. The van der Waals surface area contributed by atoms with E-state index in [1.807, 2.05) is 26.1 Å². The van der Waals surface area contributed by atoms with Gasteiger partial charge in [0.2, 0.25) is 0 Å². The van der Waals surface area contributed by atoms with Crippen LogP contribution >= 0.6 is 0 Å². The molecule has 0 unspecified atom stereocenters. The molecule has 0 radical (unpaired) electrons. The predicted molar refractivity (Wildman–Crippen MR) is 140 cm³/mol. The molecule has 4 aromatic rings. The molecule has 4 rings (SSSR count). The van der Waals surface area contributed by atoms with Crippen LogP contribution in [0.15, 0.2) is 61.1 Å². The van der Waals surface area contributed by atoms with Gasteiger partial charge in [-0.25, -0.2) is 4.39 Å². The first-order valence-corrected chi connectivity index (χ1v) is 12.2. The fourth-order valence-corrected chi connectivity index (χ4v) is 4.37. The van der Waals surface area contributed by atoms with Gasteiger partial charge in [0.1, 0.15) is 11.6 Å². The summed E-state index contributed by atoms with van der Waals surface area (Å²) in [5, 5.41) is 8.14. The van der Waals surface area contributed by atoms with Crippen molar-refractivity contribution < 1.29 is 13.9 Å². The zero-order valence-electron chi connectivity index (χ0n) is 21.2. The lowest BCUT2D eigenvalue weighted by Gasteiger charge is -2.30. The van der Waals surface area contributed by atoms with E-state index >= 15 is 0 Å². The van der Waals surface area contributed by atoms with Crippen molar-refractivity contribution in [3.63, 3.8) is 0 Å². The lowest BCUT2D eigenvalue weighted by atomic mass is 9.99. The smallest absolute Gasteiger partial charge is 0.254 e. The normalized spacial score (nSPS) is 12.2. The third-order valence-electron chi connectivity index (χ3n) is 6.52. The quantitative estimate of drug-likeness (QED) is 0.326. The summed E-state index contributed by atoms with van der Waals surface area (Å²) in [4.78, 5) is 22.1. The van der Waals surface area contributed by atoms with Crippen molar-refractivity contribution in [1.29, 1.82) is 0 Å². The number of amides is 1. The van der Waals surface area contributed by atoms with Gasteiger partial charge in [0, 0.05) is 48.1 Å². The molecule has 7 nitrogen and oxygen atoms in total. The number of pyridine rings is 1. The van der Waals surface area contributed by atoms with E-state index in [4.69, 9.17) is 4.74 Å². The summed E-state index contributed by atoms with van der Waals surface area (Å²) in [6.45, 7) is 6.14. The summed E-state index contributed by atoms with van der Waals surface area (Å²) >= 11 is 0. The molecule has 2 aromatic carbocycles. The van der Waals surface area contributed by atoms with Gasteiger partial charge < -0.3 is 14.5 Å². The minimum Gasteiger partial charge on any atom is -0.493 e. The number of benzene rings is 2. The maximum atomic E-state index is 13.9. The van der Waals surface area contributed by atoms with Gasteiger partial charge in [-0.05, 0) is 62.8 Å². The number of nitrogens with zero attached hydrogens (tertiary/aromatic N) is 4. The summed E-state index contributed by atoms with van der Waals surface area (Å²) in [6.07, 6.45) is 6.03. The maximum absolute atomic E-state index is 13.9. The van der Waals surface area contributed by atoms with Crippen LogP contribution in [0.2, 0.25) is 0 Å². The predicted octanol–water partition coefficient (Wildman–Crippen LogP) is 5.32. The molecule has 1 N–H and O–H groups in total. The van der Waals surface area contributed by atoms with Crippen molar-refractivity contribution in [3.05, 3.63) is 78.0 Å². The molecule has 0 fully saturated rings. The average Bonchev–Trinajstić information content (AvgIpc) is 3.38. The van der Waals surface area contributed by atoms with Crippen molar-refractivity contribution in [2.75, 3.05) is 33.8 Å². The van der Waals surface area contributed by atoms with Crippen molar-refractivity contribution >= 4 is 16.8 Å². The summed E-state index contributed by atoms with van der Waals surface area (Å²) in [5.41, 5.74) is 3.74. The van der Waals surface area contributed by atoms with Gasteiger partial charge in [0.15, 0.2) is 0 Å². The standard InChI is InChI=1S/C28H32FN5O2/c1-5-33(3)13-12-25(24-18-30-16-21-17-31-32-27(21)24)34(4)28(35)20-10-11-23(26(15-20)36-6-2)19-8-7-9-22(29)14-19/h7-11,14-18,25H,5-6,12-13H2,1-4H3,(H,31,32)/t25-/m1/s1. The van der Waals surface area contributed by atoms with Crippen LogP contribution in [0.25, 0.3) is 22.0 Å². The number of nitrogens with one attached hydrogen (secondary N) is 1. The Morgan fingerprint density at radius 1 is 1.11 bits per heavy atom. The summed E-state index contributed by atoms with van der Waals surface area (Å²) in [5.74, 6) is 0.0840. The molecule has 1 amide bonds. The number of carbonyl (C=O) groups excluding carboxylic acids is 1. The SMILES string of the molecule is CCOc1cc(C(=O)N(C)[C@H](CCN(C)CC)c2cncc3cn[nH]c23)ccc1-c1cccc(F)c1. The Hall–Kier alpha value is -3.78. The van der Waals surface area contributed by atoms with Crippen LogP contribution in [0.4, 0.5) is 4.39 Å². The molecule has 0 spiro atoms. The second kappa shape index (κ2) is 11.3. The van der Waals surface area contributed by atoms with Gasteiger partial charge in [-0.2, -0.15) is 5.10 Å². The third kappa shape index (κ3) is 5.39. The van der Waals surface area contributed by atoms with Crippen molar-refractivity contribution in [1.82, 2.24) is 25.0 Å². The number of aromatic nitrogens is 3. The molecule has 2 aromatic heterocycles. The molecule has 36 heavy (non-hydrogen) atoms. The molecule has 0 aliphatic rings. The van der Waals surface area contributed by atoms with Gasteiger partial charge in [-0.1, -0.05) is 19.1 Å². The molecule has 0 aliphatic heterocycles. The molecule has 0 saturated heterocycles. The maximum Gasteiger partial charge on any atom is 0.254 e. The van der Waals surface area contributed by atoms with E-state index in [0.717, 1.165) is 41.5 Å². The van der Waals surface area contributed by atoms with E-state index in [0.29, 0.717) is 23.5 Å². The van der Waals surface area contributed by atoms with Crippen LogP contribution in [-0.2, 0) is 0 Å². The van der Waals surface area contributed by atoms with Crippen LogP contribution < -0.4 is 4.74 Å². The van der Waals surface area contributed by atoms with E-state index in [1.165, 1.54) is 12.1 Å². The van der Waals surface area contributed by atoms with Gasteiger partial charge in [-0.15, -0.1) is 0 Å². The highest BCUT2D eigenvalue weighted by Crippen LogP contribution is 2.34. The first-order valence-electron chi connectivity index (χ1n) is 12.2. The lowest BCUT2D eigenvalue weighted by Crippen LogP contribution is -2.34. The number of ether oxygens (including phenoxy) is 1. The molecular weight excluding hydrogens is 457 g/mol. The number of fused-ring (bicyclic) bond motifs is 1. The molecule has 0 aliphatic carbocycles. The molecule has 1 atom stereocenters. The summed E-state index contributed by atoms with van der Waals surface area (Å²) < 4.78 is 19.7. The molecule has 8 heteroatoms. The Kier molecular flexibility index (Phi) is 7.95. The topological polar surface area (TPSA) is 74.3 Å². The molecule has 0 saturated carbocycles. The van der Waals surface area contributed by atoms with Crippen LogP contribution in [0.5, 0.6) is 5.75 Å². The van der Waals surface area contributed by atoms with E-state index < -0.39 is 0 Å². The van der Waals surface area contributed by atoms with Crippen LogP contribution in [-0.4, -0.2) is 64.7 Å². The fraction of sp³-hybridized carbons (Fsp3) is 0.321. The van der Waals surface area contributed by atoms with Gasteiger partial charge in [0.25, 0.3) is 5.91 Å². The van der Waals surface area contributed by atoms with E-state index in [1.54, 1.807) is 41.7 Å². The Balaban J connectivity index is 1.69. The monoisotopic (exact) mass is 489 g/mol. The Labute approximate surface area is 210 Å². The van der Waals surface area contributed by atoms with Crippen LogP contribution in [0.1, 0.15) is 42.2 Å². The van der Waals surface area contributed by atoms with Gasteiger partial charge in [-0.3, -0.25) is 14.9 Å². The Morgan fingerprint density at radius 2 is 1.94 bits per heavy atom. The number of hydrogen-bond donors (Lipinski definition) is 1. The molecule has 2 heterocycles. The van der Waals surface area contributed by atoms with Crippen LogP contribution in [0.3, 0.4) is 0 Å². The highest BCUT2D eigenvalue weighted by atomic mass is 19.1. The first-order chi connectivity index (χ1) is 17.4. The summed E-state index contributed by atoms with van der Waals surface area (Å²) in [6, 6.07) is 11.5. The molecule has 188 valence electrons. The van der Waals surface area contributed by atoms with Gasteiger partial charge >= 0.3 is 0 Å². The highest BCUT2D eigenvalue weighted by Gasteiger charge is 2.26. The number of rotatable bonds is 10. The molecular formula is C28H32FN5O2. The molecule has 0 bridgehead atoms. The van der Waals surface area contributed by atoms with Gasteiger partial charge in [0.05, 0.1) is 24.4 Å². The minimum atomic E-state index is -0.323. The minimum absolute atomic E-state index is 0.137. The number of H-pyrrole nitrogens is 1. The van der Waals surface area contributed by atoms with Crippen molar-refractivity contribution in [3.8, 4) is 16.9 Å². The van der Waals surface area contributed by atoms with Crippen molar-refractivity contribution in [2.45, 2.75) is 26.3 Å². The Bertz CT molecular complexity index is 1340. The van der Waals surface area contributed by atoms with E-state index in [-0.39, 0.29) is 17.8 Å². The van der Waals surface area contributed by atoms with Crippen LogP contribution in [0, 0.1) is 5.82 Å².